The lowest BCUT2D eigenvalue weighted by Gasteiger charge is -2.11. The van der Waals surface area contributed by atoms with Crippen LogP contribution in [0.5, 0.6) is 0 Å². The molecule has 0 fully saturated rings. The summed E-state index contributed by atoms with van der Waals surface area (Å²) in [4.78, 5) is 35.9. The van der Waals surface area contributed by atoms with E-state index in [2.05, 4.69) is 31.3 Å². The fourth-order valence-corrected chi connectivity index (χ4v) is 3.11. The van der Waals surface area contributed by atoms with Crippen LogP contribution in [-0.2, 0) is 24.3 Å². The summed E-state index contributed by atoms with van der Waals surface area (Å²) < 4.78 is 30.5. The van der Waals surface area contributed by atoms with Gasteiger partial charge in [0.15, 0.2) is 6.61 Å². The molecule has 0 spiro atoms. The lowest BCUT2D eigenvalue weighted by atomic mass is 10.2. The van der Waals surface area contributed by atoms with Crippen LogP contribution in [0.2, 0.25) is 0 Å². The first-order valence-electron chi connectivity index (χ1n) is 8.21. The van der Waals surface area contributed by atoms with Crippen molar-refractivity contribution in [3.05, 3.63) is 58.6 Å². The van der Waals surface area contributed by atoms with E-state index < -0.39 is 34.4 Å². The number of hydrogen-bond donors (Lipinski definition) is 3. The molecule has 0 aliphatic heterocycles. The second-order valence-electron chi connectivity index (χ2n) is 5.80. The lowest BCUT2D eigenvalue weighted by molar-refractivity contribution is -0.126. The summed E-state index contributed by atoms with van der Waals surface area (Å²) in [6, 6.07) is 12.8. The maximum Gasteiger partial charge on any atom is 0.340 e. The molecule has 2 aromatic rings. The number of ether oxygens (including phenoxy) is 1. The zero-order chi connectivity index (χ0) is 21.4. The van der Waals surface area contributed by atoms with Gasteiger partial charge in [0.25, 0.3) is 5.91 Å². The molecule has 0 unspecified atom stereocenters. The summed E-state index contributed by atoms with van der Waals surface area (Å²) in [6.45, 7) is -0.946. The summed E-state index contributed by atoms with van der Waals surface area (Å²) in [5, 5.41) is 4.94. The van der Waals surface area contributed by atoms with Crippen molar-refractivity contribution >= 4 is 55.1 Å². The van der Waals surface area contributed by atoms with E-state index >= 15 is 0 Å². The number of rotatable bonds is 8. The number of benzene rings is 2. The number of amides is 2. The maximum atomic E-state index is 12.2. The Morgan fingerprint density at radius 2 is 1.59 bits per heavy atom. The highest BCUT2D eigenvalue weighted by atomic mass is 79.9. The summed E-state index contributed by atoms with van der Waals surface area (Å²) >= 11 is 3.29. The van der Waals surface area contributed by atoms with Crippen LogP contribution in [0.3, 0.4) is 0 Å². The number of carbonyl (C=O) groups excluding carboxylic acids is 3. The molecule has 29 heavy (non-hydrogen) atoms. The van der Waals surface area contributed by atoms with E-state index in [4.69, 9.17) is 4.74 Å². The number of para-hydroxylation sites is 2. The molecule has 154 valence electrons. The number of carbonyl (C=O) groups is 3. The quantitative estimate of drug-likeness (QED) is 0.490. The molecule has 11 heteroatoms. The van der Waals surface area contributed by atoms with E-state index in [9.17, 15) is 22.8 Å². The highest BCUT2D eigenvalue weighted by molar-refractivity contribution is 9.10. The molecule has 0 bridgehead atoms. The molecule has 0 aliphatic carbocycles. The molecule has 0 saturated heterocycles. The van der Waals surface area contributed by atoms with Gasteiger partial charge >= 0.3 is 5.97 Å². The Morgan fingerprint density at radius 3 is 2.24 bits per heavy atom. The minimum atomic E-state index is -3.60. The molecule has 2 rings (SSSR count). The molecule has 2 amide bonds. The number of hydrogen-bond acceptors (Lipinski definition) is 6. The second kappa shape index (κ2) is 10.0. The summed E-state index contributed by atoms with van der Waals surface area (Å²) in [5.74, 6) is -2.03. The topological polar surface area (TPSA) is 131 Å². The maximum absolute atomic E-state index is 12.2. The van der Waals surface area contributed by atoms with Gasteiger partial charge in [-0.15, -0.1) is 0 Å². The second-order valence-corrected chi connectivity index (χ2v) is 8.40. The Kier molecular flexibility index (Phi) is 7.74. The molecule has 0 aromatic heterocycles. The van der Waals surface area contributed by atoms with Crippen molar-refractivity contribution in [2.45, 2.75) is 0 Å². The third-order valence-electron chi connectivity index (χ3n) is 3.37. The zero-order valence-electron chi connectivity index (χ0n) is 15.3. The minimum absolute atomic E-state index is 0.0354. The van der Waals surface area contributed by atoms with Gasteiger partial charge in [0.05, 0.1) is 29.7 Å². The average Bonchev–Trinajstić information content (AvgIpc) is 2.65. The highest BCUT2D eigenvalue weighted by Gasteiger charge is 2.16. The van der Waals surface area contributed by atoms with Crippen LogP contribution in [0.4, 0.5) is 11.4 Å². The predicted molar refractivity (Wildman–Crippen MR) is 111 cm³/mol. The van der Waals surface area contributed by atoms with Gasteiger partial charge in [-0.25, -0.2) is 13.2 Å². The molecule has 3 N–H and O–H groups in total. The first-order valence-corrected chi connectivity index (χ1v) is 10.9. The Labute approximate surface area is 176 Å². The Bertz CT molecular complexity index is 1030. The molecule has 2 aromatic carbocycles. The van der Waals surface area contributed by atoms with Crippen molar-refractivity contribution in [3.63, 3.8) is 0 Å². The normalized spacial score (nSPS) is 10.7. The predicted octanol–water partition coefficient (Wildman–Crippen LogP) is 1.73. The van der Waals surface area contributed by atoms with Crippen LogP contribution < -0.4 is 15.4 Å². The average molecular weight is 484 g/mol. The SMILES string of the molecule is CS(=O)(=O)Nc1ccccc1C(=O)OCC(=O)NCC(=O)Nc1ccccc1Br. The van der Waals surface area contributed by atoms with E-state index in [-0.39, 0.29) is 17.8 Å². The van der Waals surface area contributed by atoms with E-state index in [1.54, 1.807) is 30.3 Å². The first-order chi connectivity index (χ1) is 13.7. The van der Waals surface area contributed by atoms with E-state index in [1.807, 2.05) is 0 Å². The van der Waals surface area contributed by atoms with E-state index in [0.29, 0.717) is 10.2 Å². The lowest BCUT2D eigenvalue weighted by Crippen LogP contribution is -2.35. The number of anilines is 2. The fraction of sp³-hybridized carbons (Fsp3) is 0.167. The van der Waals surface area contributed by atoms with Crippen LogP contribution in [0.25, 0.3) is 0 Å². The first kappa shape index (κ1) is 22.4. The van der Waals surface area contributed by atoms with Gasteiger partial charge in [-0.3, -0.25) is 14.3 Å². The van der Waals surface area contributed by atoms with Gasteiger partial charge in [0.2, 0.25) is 15.9 Å². The van der Waals surface area contributed by atoms with Crippen molar-refractivity contribution in [1.82, 2.24) is 5.32 Å². The Balaban J connectivity index is 1.84. The largest absolute Gasteiger partial charge is 0.452 e. The molecule has 0 saturated carbocycles. The molecular weight excluding hydrogens is 466 g/mol. The molecule has 0 atom stereocenters. The summed E-state index contributed by atoms with van der Waals surface area (Å²) in [7, 11) is -3.60. The van der Waals surface area contributed by atoms with Gasteiger partial charge < -0.3 is 15.4 Å². The third kappa shape index (κ3) is 7.54. The smallest absolute Gasteiger partial charge is 0.340 e. The third-order valence-corrected chi connectivity index (χ3v) is 4.65. The standard InChI is InChI=1S/C18H18BrN3O6S/c1-29(26,27)22-14-8-4-2-6-12(14)18(25)28-11-17(24)20-10-16(23)21-15-9-5-3-7-13(15)19/h2-9,22H,10-11H2,1H3,(H,20,24)(H,21,23). The van der Waals surface area contributed by atoms with E-state index in [0.717, 1.165) is 6.26 Å². The monoisotopic (exact) mass is 483 g/mol. The van der Waals surface area contributed by atoms with Crippen LogP contribution in [0.1, 0.15) is 10.4 Å². The van der Waals surface area contributed by atoms with E-state index in [1.165, 1.54) is 18.2 Å². The highest BCUT2D eigenvalue weighted by Crippen LogP contribution is 2.21. The Morgan fingerprint density at radius 1 is 0.966 bits per heavy atom. The molecule has 9 nitrogen and oxygen atoms in total. The van der Waals surface area contributed by atoms with Gasteiger partial charge in [0.1, 0.15) is 0 Å². The van der Waals surface area contributed by atoms with Gasteiger partial charge in [-0.1, -0.05) is 24.3 Å². The molecule has 0 radical (unpaired) electrons. The van der Waals surface area contributed by atoms with Crippen LogP contribution in [-0.4, -0.2) is 45.6 Å². The summed E-state index contributed by atoms with van der Waals surface area (Å²) in [5.41, 5.74) is 0.541. The Hall–Kier alpha value is -2.92. The van der Waals surface area contributed by atoms with Crippen molar-refractivity contribution in [3.8, 4) is 0 Å². The van der Waals surface area contributed by atoms with Crippen LogP contribution in [0, 0.1) is 0 Å². The minimum Gasteiger partial charge on any atom is -0.452 e. The van der Waals surface area contributed by atoms with Crippen LogP contribution >= 0.6 is 15.9 Å². The van der Waals surface area contributed by atoms with Crippen molar-refractivity contribution in [2.75, 3.05) is 29.4 Å². The van der Waals surface area contributed by atoms with Gasteiger partial charge in [0, 0.05) is 4.47 Å². The number of sulfonamides is 1. The van der Waals surface area contributed by atoms with Crippen molar-refractivity contribution in [1.29, 1.82) is 0 Å². The van der Waals surface area contributed by atoms with Crippen LogP contribution in [0.15, 0.2) is 53.0 Å². The molecule has 0 heterocycles. The number of esters is 1. The number of nitrogens with one attached hydrogen (secondary N) is 3. The molecular formula is C18H18BrN3O6S. The van der Waals surface area contributed by atoms with Crippen molar-refractivity contribution in [2.24, 2.45) is 0 Å². The molecule has 0 aliphatic rings. The van der Waals surface area contributed by atoms with Gasteiger partial charge in [-0.05, 0) is 40.2 Å². The number of halogens is 1. The zero-order valence-corrected chi connectivity index (χ0v) is 17.7. The summed E-state index contributed by atoms with van der Waals surface area (Å²) in [6.07, 6.45) is 0.946. The van der Waals surface area contributed by atoms with Crippen molar-refractivity contribution < 1.29 is 27.5 Å². The van der Waals surface area contributed by atoms with Gasteiger partial charge in [-0.2, -0.15) is 0 Å². The fourth-order valence-electron chi connectivity index (χ4n) is 2.15.